The molecule has 0 saturated carbocycles. The molecule has 3 atom stereocenters. The molecule has 8 heteroatoms. The molecule has 0 radical (unpaired) electrons. The van der Waals surface area contributed by atoms with Crippen LogP contribution in [0.4, 0.5) is 0 Å². The van der Waals surface area contributed by atoms with Gasteiger partial charge in [0.25, 0.3) is 5.79 Å². The van der Waals surface area contributed by atoms with Crippen LogP contribution in [-0.4, -0.2) is 64.9 Å². The first kappa shape index (κ1) is 18.8. The van der Waals surface area contributed by atoms with E-state index in [0.29, 0.717) is 6.42 Å². The van der Waals surface area contributed by atoms with Crippen LogP contribution in [0.3, 0.4) is 0 Å². The predicted molar refractivity (Wildman–Crippen MR) is 76.1 cm³/mol. The van der Waals surface area contributed by atoms with E-state index in [9.17, 15) is 19.8 Å². The minimum absolute atomic E-state index is 0.200. The van der Waals surface area contributed by atoms with Crippen molar-refractivity contribution >= 4 is 11.9 Å². The second-order valence-electron chi connectivity index (χ2n) is 5.38. The van der Waals surface area contributed by atoms with Crippen LogP contribution >= 0.6 is 0 Å². The number of ether oxygens (including phenoxy) is 2. The molecule has 1 heterocycles. The van der Waals surface area contributed by atoms with E-state index in [4.69, 9.17) is 14.6 Å². The van der Waals surface area contributed by atoms with Gasteiger partial charge in [-0.1, -0.05) is 26.2 Å². The number of carbonyl (C=O) groups is 2. The highest BCUT2D eigenvalue weighted by molar-refractivity contribution is 5.78. The molecule has 0 aromatic rings. The Labute approximate surface area is 129 Å². The lowest BCUT2D eigenvalue weighted by molar-refractivity contribution is -0.274. The predicted octanol–water partition coefficient (Wildman–Crippen LogP) is -0.377. The van der Waals surface area contributed by atoms with Crippen molar-refractivity contribution in [2.45, 2.75) is 57.0 Å². The Morgan fingerprint density at radius 2 is 2.09 bits per heavy atom. The fourth-order valence-corrected chi connectivity index (χ4v) is 2.28. The van der Waals surface area contributed by atoms with E-state index in [1.807, 2.05) is 0 Å². The number of nitrogens with one attached hydrogen (secondary N) is 1. The fraction of sp³-hybridized carbons (Fsp3) is 0.857. The Kier molecular flexibility index (Phi) is 7.74. The molecule has 0 aromatic heterocycles. The van der Waals surface area contributed by atoms with Crippen LogP contribution < -0.4 is 5.32 Å². The normalized spacial score (nSPS) is 28.3. The van der Waals surface area contributed by atoms with Gasteiger partial charge in [-0.15, -0.1) is 0 Å². The molecule has 4 N–H and O–H groups in total. The summed E-state index contributed by atoms with van der Waals surface area (Å²) in [6.45, 7) is 1.39. The van der Waals surface area contributed by atoms with E-state index in [1.54, 1.807) is 0 Å². The highest BCUT2D eigenvalue weighted by Gasteiger charge is 2.49. The number of aliphatic hydroxyl groups is 2. The monoisotopic (exact) mass is 319 g/mol. The Morgan fingerprint density at radius 1 is 1.36 bits per heavy atom. The van der Waals surface area contributed by atoms with Crippen LogP contribution in [0.15, 0.2) is 0 Å². The van der Waals surface area contributed by atoms with Crippen LogP contribution in [0.5, 0.6) is 0 Å². The zero-order valence-corrected chi connectivity index (χ0v) is 12.8. The van der Waals surface area contributed by atoms with E-state index >= 15 is 0 Å². The molecule has 0 aliphatic carbocycles. The first-order valence-electron chi connectivity index (χ1n) is 7.54. The minimum Gasteiger partial charge on any atom is -0.477 e. The summed E-state index contributed by atoms with van der Waals surface area (Å²) < 4.78 is 10.7. The highest BCUT2D eigenvalue weighted by Crippen LogP contribution is 2.28. The number of carboxylic acids is 1. The maximum atomic E-state index is 11.4. The van der Waals surface area contributed by atoms with Crippen molar-refractivity contribution in [2.24, 2.45) is 0 Å². The third-order valence-electron chi connectivity index (χ3n) is 3.59. The molecule has 1 aliphatic heterocycles. The molecule has 0 bridgehead atoms. The molecule has 3 unspecified atom stereocenters. The largest absolute Gasteiger partial charge is 0.477 e. The SMILES string of the molecule is CCCCCCOC1(C(=O)O)CC(O)C(NC(=O)CO)CO1. The van der Waals surface area contributed by atoms with Crippen LogP contribution in [0.1, 0.15) is 39.0 Å². The van der Waals surface area contributed by atoms with Crippen molar-refractivity contribution in [3.05, 3.63) is 0 Å². The van der Waals surface area contributed by atoms with Gasteiger partial charge in [-0.2, -0.15) is 0 Å². The highest BCUT2D eigenvalue weighted by atomic mass is 16.7. The number of amides is 1. The number of carboxylic acid groups (broad SMARTS) is 1. The third kappa shape index (κ3) is 5.20. The maximum Gasteiger partial charge on any atom is 0.364 e. The number of carbonyl (C=O) groups excluding carboxylic acids is 1. The average Bonchev–Trinajstić information content (AvgIpc) is 2.49. The van der Waals surface area contributed by atoms with Crippen molar-refractivity contribution in [1.82, 2.24) is 5.32 Å². The zero-order valence-electron chi connectivity index (χ0n) is 12.8. The van der Waals surface area contributed by atoms with Gasteiger partial charge in [-0.3, -0.25) is 4.79 Å². The second-order valence-corrected chi connectivity index (χ2v) is 5.38. The molecule has 128 valence electrons. The molecular formula is C14H25NO7. The molecule has 1 aliphatic rings. The van der Waals surface area contributed by atoms with Crippen molar-refractivity contribution < 1.29 is 34.4 Å². The van der Waals surface area contributed by atoms with Gasteiger partial charge in [0, 0.05) is 6.42 Å². The van der Waals surface area contributed by atoms with E-state index in [1.165, 1.54) is 0 Å². The molecule has 0 spiro atoms. The second kappa shape index (κ2) is 9.04. The summed E-state index contributed by atoms with van der Waals surface area (Å²) in [4.78, 5) is 22.6. The summed E-state index contributed by atoms with van der Waals surface area (Å²) in [5.41, 5.74) is 0. The summed E-state index contributed by atoms with van der Waals surface area (Å²) >= 11 is 0. The van der Waals surface area contributed by atoms with Gasteiger partial charge >= 0.3 is 5.97 Å². The first-order valence-corrected chi connectivity index (χ1v) is 7.54. The van der Waals surface area contributed by atoms with Crippen molar-refractivity contribution in [2.75, 3.05) is 19.8 Å². The van der Waals surface area contributed by atoms with Gasteiger partial charge in [-0.25, -0.2) is 4.79 Å². The van der Waals surface area contributed by atoms with Gasteiger partial charge in [0.05, 0.1) is 25.4 Å². The van der Waals surface area contributed by atoms with Crippen LogP contribution in [0.2, 0.25) is 0 Å². The number of aliphatic hydroxyl groups excluding tert-OH is 2. The van der Waals surface area contributed by atoms with Crippen molar-refractivity contribution in [3.8, 4) is 0 Å². The molecule has 1 saturated heterocycles. The molecule has 1 amide bonds. The Morgan fingerprint density at radius 3 is 2.64 bits per heavy atom. The third-order valence-corrected chi connectivity index (χ3v) is 3.59. The van der Waals surface area contributed by atoms with Gasteiger partial charge in [-0.05, 0) is 6.42 Å². The molecule has 8 nitrogen and oxygen atoms in total. The summed E-state index contributed by atoms with van der Waals surface area (Å²) in [6, 6.07) is -0.768. The zero-order chi connectivity index (χ0) is 16.6. The number of rotatable bonds is 9. The summed E-state index contributed by atoms with van der Waals surface area (Å²) in [6.07, 6.45) is 2.34. The standard InChI is InChI=1S/C14H25NO7/c1-2-3-4-5-6-21-14(13(19)20)7-11(17)10(9-22-14)15-12(18)8-16/h10-11,16-17H,2-9H2,1H3,(H,15,18)(H,19,20). The summed E-state index contributed by atoms with van der Waals surface area (Å²) in [5, 5.41) is 30.4. The quantitative estimate of drug-likeness (QED) is 0.427. The topological polar surface area (TPSA) is 125 Å². The van der Waals surface area contributed by atoms with Crippen LogP contribution in [0, 0.1) is 0 Å². The molecule has 22 heavy (non-hydrogen) atoms. The van der Waals surface area contributed by atoms with Gasteiger partial charge in [0.1, 0.15) is 6.61 Å². The summed E-state index contributed by atoms with van der Waals surface area (Å²) in [5.74, 6) is -3.84. The summed E-state index contributed by atoms with van der Waals surface area (Å²) in [7, 11) is 0. The smallest absolute Gasteiger partial charge is 0.364 e. The fourth-order valence-electron chi connectivity index (χ4n) is 2.28. The molecule has 1 rings (SSSR count). The van der Waals surface area contributed by atoms with E-state index < -0.39 is 36.4 Å². The Hall–Kier alpha value is -1.22. The van der Waals surface area contributed by atoms with Crippen LogP contribution in [0.25, 0.3) is 0 Å². The lowest BCUT2D eigenvalue weighted by Gasteiger charge is -2.39. The maximum absolute atomic E-state index is 11.4. The average molecular weight is 319 g/mol. The lowest BCUT2D eigenvalue weighted by atomic mass is 9.98. The van der Waals surface area contributed by atoms with E-state index in [2.05, 4.69) is 12.2 Å². The number of hydrogen-bond acceptors (Lipinski definition) is 6. The van der Waals surface area contributed by atoms with Gasteiger partial charge in [0.2, 0.25) is 5.91 Å². The minimum atomic E-state index is -1.88. The van der Waals surface area contributed by atoms with Crippen molar-refractivity contribution in [1.29, 1.82) is 0 Å². The lowest BCUT2D eigenvalue weighted by Crippen LogP contribution is -2.60. The number of hydrogen-bond donors (Lipinski definition) is 4. The number of aliphatic carboxylic acids is 1. The Bertz CT molecular complexity index is 376. The van der Waals surface area contributed by atoms with Crippen LogP contribution in [-0.2, 0) is 19.1 Å². The van der Waals surface area contributed by atoms with E-state index in [0.717, 1.165) is 19.3 Å². The van der Waals surface area contributed by atoms with Gasteiger partial charge in [0.15, 0.2) is 0 Å². The van der Waals surface area contributed by atoms with E-state index in [-0.39, 0.29) is 19.6 Å². The molecule has 0 aromatic carbocycles. The van der Waals surface area contributed by atoms with Crippen molar-refractivity contribution in [3.63, 3.8) is 0 Å². The first-order chi connectivity index (χ1) is 10.4. The molecular weight excluding hydrogens is 294 g/mol. The van der Waals surface area contributed by atoms with Gasteiger partial charge < -0.3 is 30.1 Å². The molecule has 1 fully saturated rings. The number of unbranched alkanes of at least 4 members (excludes halogenated alkanes) is 3. The Balaban J connectivity index is 2.55.